The second kappa shape index (κ2) is 12.2. The highest BCUT2D eigenvalue weighted by Gasteiger charge is 2.32. The van der Waals surface area contributed by atoms with Crippen LogP contribution in [0.2, 0.25) is 0 Å². The summed E-state index contributed by atoms with van der Waals surface area (Å²) in [4.78, 5) is 2.12. The van der Waals surface area contributed by atoms with Gasteiger partial charge in [-0.25, -0.2) is 0 Å². The van der Waals surface area contributed by atoms with Crippen LogP contribution in [0.15, 0.2) is 84.9 Å². The summed E-state index contributed by atoms with van der Waals surface area (Å²) in [5.41, 5.74) is 3.25. The summed E-state index contributed by atoms with van der Waals surface area (Å²) in [6.07, 6.45) is 14.8. The van der Waals surface area contributed by atoms with Crippen molar-refractivity contribution in [1.82, 2.24) is 0 Å². The molecule has 2 aliphatic carbocycles. The van der Waals surface area contributed by atoms with Crippen molar-refractivity contribution in [2.45, 2.75) is 75.5 Å². The Kier molecular flexibility index (Phi) is 8.60. The minimum atomic E-state index is 0.0347. The Labute approximate surface area is 219 Å². The van der Waals surface area contributed by atoms with Crippen molar-refractivity contribution in [3.63, 3.8) is 0 Å². The molecule has 188 valence electrons. The van der Waals surface area contributed by atoms with Gasteiger partial charge in [-0.3, -0.25) is 0 Å². The molecule has 2 saturated carbocycles. The lowest BCUT2D eigenvalue weighted by Crippen LogP contribution is -2.26. The van der Waals surface area contributed by atoms with Crippen LogP contribution in [0.3, 0.4) is 0 Å². The third-order valence-electron chi connectivity index (χ3n) is 8.22. The fourth-order valence-electron chi connectivity index (χ4n) is 6.23. The van der Waals surface area contributed by atoms with Gasteiger partial charge < -0.3 is 4.90 Å². The minimum Gasteiger partial charge on any atom is -0.378 e. The van der Waals surface area contributed by atoms with E-state index < -0.39 is 0 Å². The van der Waals surface area contributed by atoms with Gasteiger partial charge in [0.1, 0.15) is 0 Å². The Morgan fingerprint density at radius 3 is 1.53 bits per heavy atom. The predicted octanol–water partition coefficient (Wildman–Crippen LogP) is 9.52. The second-order valence-electron chi connectivity index (χ2n) is 10.9. The Morgan fingerprint density at radius 2 is 1.00 bits per heavy atom. The van der Waals surface area contributed by atoms with E-state index in [0.717, 1.165) is 11.3 Å². The van der Waals surface area contributed by atoms with E-state index in [9.17, 15) is 0 Å². The van der Waals surface area contributed by atoms with E-state index in [-0.39, 0.29) is 7.92 Å². The standard InChI is InChI=1S/C22H29P.C12H13N/c1-3-11-20(12-4-1)23(21-13-5-2-6-14-21)22-16-15-18-9-7-8-10-19(18)17-22;1-13(2)12-8-7-10-5-3-4-6-11(10)9-12/h7-10,15-17,20-21H,1-6,11-14H2;3-9H,1-2H3. The largest absolute Gasteiger partial charge is 0.378 e. The monoisotopic (exact) mass is 495 g/mol. The Hall–Kier alpha value is -2.37. The summed E-state index contributed by atoms with van der Waals surface area (Å²) >= 11 is 0. The summed E-state index contributed by atoms with van der Waals surface area (Å²) in [6, 6.07) is 31.2. The van der Waals surface area contributed by atoms with Gasteiger partial charge in [0, 0.05) is 19.8 Å². The fourth-order valence-corrected chi connectivity index (χ4v) is 10.0. The molecule has 0 unspecified atom stereocenters. The van der Waals surface area contributed by atoms with Crippen LogP contribution in [0, 0.1) is 0 Å². The average molecular weight is 496 g/mol. The Balaban J connectivity index is 0.000000174. The van der Waals surface area contributed by atoms with Crippen LogP contribution in [-0.4, -0.2) is 25.4 Å². The van der Waals surface area contributed by atoms with E-state index in [1.54, 1.807) is 5.30 Å². The molecule has 4 aromatic rings. The van der Waals surface area contributed by atoms with Gasteiger partial charge in [-0.2, -0.15) is 0 Å². The number of fused-ring (bicyclic) bond motifs is 2. The maximum atomic E-state index is 2.55. The molecule has 6 rings (SSSR count). The molecule has 4 aromatic carbocycles. The highest BCUT2D eigenvalue weighted by Crippen LogP contribution is 2.55. The zero-order valence-corrected chi connectivity index (χ0v) is 23.1. The van der Waals surface area contributed by atoms with E-state index in [2.05, 4.69) is 104 Å². The van der Waals surface area contributed by atoms with Gasteiger partial charge in [0.2, 0.25) is 0 Å². The van der Waals surface area contributed by atoms with Crippen LogP contribution < -0.4 is 10.2 Å². The van der Waals surface area contributed by atoms with Crippen LogP contribution in [-0.2, 0) is 0 Å². The molecule has 0 aromatic heterocycles. The van der Waals surface area contributed by atoms with Crippen molar-refractivity contribution in [3.8, 4) is 0 Å². The molecule has 0 radical (unpaired) electrons. The summed E-state index contributed by atoms with van der Waals surface area (Å²) < 4.78 is 0. The zero-order chi connectivity index (χ0) is 24.7. The van der Waals surface area contributed by atoms with Gasteiger partial charge in [-0.15, -0.1) is 0 Å². The minimum absolute atomic E-state index is 0.0347. The second-order valence-corrected chi connectivity index (χ2v) is 13.7. The maximum Gasteiger partial charge on any atom is 0.0367 e. The Morgan fingerprint density at radius 1 is 0.528 bits per heavy atom. The van der Waals surface area contributed by atoms with E-state index in [1.165, 1.54) is 91.4 Å². The summed E-state index contributed by atoms with van der Waals surface area (Å²) in [7, 11) is 4.15. The predicted molar refractivity (Wildman–Crippen MR) is 163 cm³/mol. The first kappa shape index (κ1) is 25.3. The number of nitrogens with zero attached hydrogens (tertiary/aromatic N) is 1. The van der Waals surface area contributed by atoms with Crippen LogP contribution in [0.5, 0.6) is 0 Å². The molecule has 0 N–H and O–H groups in total. The molecule has 1 nitrogen and oxygen atoms in total. The molecule has 2 aliphatic rings. The highest BCUT2D eigenvalue weighted by molar-refractivity contribution is 7.67. The SMILES string of the molecule is CN(C)c1ccc2ccccc2c1.c1ccc2cc(P(C3CCCCC3)C3CCCCC3)ccc2c1. The molecule has 0 atom stereocenters. The van der Waals surface area contributed by atoms with Gasteiger partial charge in [-0.1, -0.05) is 113 Å². The van der Waals surface area contributed by atoms with Crippen molar-refractivity contribution >= 4 is 40.5 Å². The molecule has 2 heteroatoms. The van der Waals surface area contributed by atoms with Gasteiger partial charge >= 0.3 is 0 Å². The molecular formula is C34H42NP. The molecule has 0 aliphatic heterocycles. The van der Waals surface area contributed by atoms with Crippen LogP contribution >= 0.6 is 7.92 Å². The summed E-state index contributed by atoms with van der Waals surface area (Å²) in [5.74, 6) is 0. The van der Waals surface area contributed by atoms with Gasteiger partial charge in [0.05, 0.1) is 0 Å². The van der Waals surface area contributed by atoms with Crippen LogP contribution in [0.4, 0.5) is 5.69 Å². The average Bonchev–Trinajstić information content (AvgIpc) is 2.94. The molecular weight excluding hydrogens is 453 g/mol. The van der Waals surface area contributed by atoms with Gasteiger partial charge in [-0.05, 0) is 82.0 Å². The quantitative estimate of drug-likeness (QED) is 0.255. The summed E-state index contributed by atoms with van der Waals surface area (Å²) in [5, 5.41) is 7.15. The van der Waals surface area contributed by atoms with Crippen molar-refractivity contribution < 1.29 is 0 Å². The number of anilines is 1. The lowest BCUT2D eigenvalue weighted by Gasteiger charge is -2.38. The first-order valence-corrected chi connectivity index (χ1v) is 15.6. The summed E-state index contributed by atoms with van der Waals surface area (Å²) in [6.45, 7) is 0. The number of benzene rings is 4. The van der Waals surface area contributed by atoms with E-state index in [4.69, 9.17) is 0 Å². The zero-order valence-electron chi connectivity index (χ0n) is 22.2. The Bertz CT molecular complexity index is 1230. The molecule has 36 heavy (non-hydrogen) atoms. The van der Waals surface area contributed by atoms with Gasteiger partial charge in [0.15, 0.2) is 0 Å². The van der Waals surface area contributed by atoms with E-state index in [0.29, 0.717) is 0 Å². The number of rotatable bonds is 4. The van der Waals surface area contributed by atoms with Crippen LogP contribution in [0.25, 0.3) is 21.5 Å². The molecule has 0 heterocycles. The molecule has 0 bridgehead atoms. The van der Waals surface area contributed by atoms with Crippen molar-refractivity contribution in [2.24, 2.45) is 0 Å². The fraction of sp³-hybridized carbons (Fsp3) is 0.412. The van der Waals surface area contributed by atoms with Crippen molar-refractivity contribution in [1.29, 1.82) is 0 Å². The van der Waals surface area contributed by atoms with Crippen LogP contribution in [0.1, 0.15) is 64.2 Å². The molecule has 0 amide bonds. The maximum absolute atomic E-state index is 2.55. The van der Waals surface area contributed by atoms with E-state index in [1.807, 2.05) is 0 Å². The topological polar surface area (TPSA) is 3.24 Å². The first-order chi connectivity index (χ1) is 17.7. The third kappa shape index (κ3) is 6.12. The van der Waals surface area contributed by atoms with E-state index >= 15 is 0 Å². The highest BCUT2D eigenvalue weighted by atomic mass is 31.1. The van der Waals surface area contributed by atoms with Gasteiger partial charge in [0.25, 0.3) is 0 Å². The van der Waals surface area contributed by atoms with Crippen molar-refractivity contribution in [3.05, 3.63) is 84.9 Å². The normalized spacial score (nSPS) is 17.2. The lowest BCUT2D eigenvalue weighted by molar-refractivity contribution is 0.487. The molecule has 0 spiro atoms. The lowest BCUT2D eigenvalue weighted by atomic mass is 9.99. The smallest absolute Gasteiger partial charge is 0.0367 e. The molecule has 0 saturated heterocycles. The number of hydrogen-bond donors (Lipinski definition) is 0. The first-order valence-electron chi connectivity index (χ1n) is 14.1. The molecule has 2 fully saturated rings. The number of hydrogen-bond acceptors (Lipinski definition) is 1. The van der Waals surface area contributed by atoms with Crippen molar-refractivity contribution in [2.75, 3.05) is 19.0 Å². The third-order valence-corrected chi connectivity index (χ3v) is 11.7.